The van der Waals surface area contributed by atoms with Gasteiger partial charge in [-0.3, -0.25) is 9.36 Å². The highest BCUT2D eigenvalue weighted by Crippen LogP contribution is 2.29. The Morgan fingerprint density at radius 2 is 1.81 bits per heavy atom. The van der Waals surface area contributed by atoms with Gasteiger partial charge >= 0.3 is 0 Å². The maximum absolute atomic E-state index is 12.8. The highest BCUT2D eigenvalue weighted by atomic mass is 32.2. The van der Waals surface area contributed by atoms with Crippen molar-refractivity contribution in [3.05, 3.63) is 54.1 Å². The number of benzene rings is 2. The summed E-state index contributed by atoms with van der Waals surface area (Å²) in [7, 11) is 2.09. The molecule has 0 atom stereocenters. The predicted molar refractivity (Wildman–Crippen MR) is 128 cm³/mol. The Hall–Kier alpha value is -2.84. The fourth-order valence-corrected chi connectivity index (χ4v) is 4.55. The van der Waals surface area contributed by atoms with E-state index in [-0.39, 0.29) is 5.91 Å². The van der Waals surface area contributed by atoms with Crippen LogP contribution in [0.5, 0.6) is 5.75 Å². The molecule has 2 heterocycles. The number of aromatic nitrogens is 3. The molecule has 0 saturated carbocycles. The van der Waals surface area contributed by atoms with Crippen molar-refractivity contribution < 1.29 is 9.53 Å². The van der Waals surface area contributed by atoms with Gasteiger partial charge in [-0.05, 0) is 51.2 Å². The summed E-state index contributed by atoms with van der Waals surface area (Å²) in [4.78, 5) is 17.0. The largest absolute Gasteiger partial charge is 0.494 e. The van der Waals surface area contributed by atoms with E-state index in [1.165, 1.54) is 11.8 Å². The van der Waals surface area contributed by atoms with E-state index in [0.717, 1.165) is 54.6 Å². The van der Waals surface area contributed by atoms with E-state index in [0.29, 0.717) is 17.5 Å². The summed E-state index contributed by atoms with van der Waals surface area (Å²) < 4.78 is 7.61. The Bertz CT molecular complexity index is 1060. The number of hydrogen-bond acceptors (Lipinski definition) is 6. The minimum Gasteiger partial charge on any atom is -0.494 e. The zero-order valence-electron chi connectivity index (χ0n) is 18.8. The second-order valence-electron chi connectivity index (χ2n) is 7.91. The van der Waals surface area contributed by atoms with Crippen LogP contribution in [0.3, 0.4) is 0 Å². The number of likely N-dealkylation sites (N-methyl/N-ethyl adjacent to an activating group) is 1. The molecule has 1 fully saturated rings. The molecule has 4 rings (SSSR count). The van der Waals surface area contributed by atoms with Crippen LogP contribution in [0.2, 0.25) is 0 Å². The average Bonchev–Trinajstić information content (AvgIpc) is 3.23. The Balaban J connectivity index is 1.61. The SMILES string of the molecule is CCOc1ccc(-n2c(SCC(=O)N3CCN(C)CC3)nnc2-c2cccc(C)c2)cc1. The molecule has 7 nitrogen and oxygen atoms in total. The summed E-state index contributed by atoms with van der Waals surface area (Å²) in [5, 5.41) is 9.65. The Labute approximate surface area is 193 Å². The van der Waals surface area contributed by atoms with Crippen molar-refractivity contribution in [1.82, 2.24) is 24.6 Å². The summed E-state index contributed by atoms with van der Waals surface area (Å²) in [6, 6.07) is 16.1. The third-order valence-corrected chi connectivity index (χ3v) is 6.41. The fourth-order valence-electron chi connectivity index (χ4n) is 3.70. The van der Waals surface area contributed by atoms with Crippen LogP contribution in [0, 0.1) is 6.92 Å². The number of hydrogen-bond donors (Lipinski definition) is 0. The van der Waals surface area contributed by atoms with Gasteiger partial charge in [-0.25, -0.2) is 0 Å². The van der Waals surface area contributed by atoms with Crippen molar-refractivity contribution in [2.45, 2.75) is 19.0 Å². The van der Waals surface area contributed by atoms with E-state index in [9.17, 15) is 4.79 Å². The molecule has 2 aromatic carbocycles. The number of carbonyl (C=O) groups is 1. The molecule has 0 spiro atoms. The van der Waals surface area contributed by atoms with E-state index < -0.39 is 0 Å². The number of rotatable bonds is 7. The highest BCUT2D eigenvalue weighted by Gasteiger charge is 2.22. The van der Waals surface area contributed by atoms with Crippen LogP contribution in [0.1, 0.15) is 12.5 Å². The smallest absolute Gasteiger partial charge is 0.233 e. The van der Waals surface area contributed by atoms with E-state index in [1.54, 1.807) is 0 Å². The molecule has 1 amide bonds. The summed E-state index contributed by atoms with van der Waals surface area (Å²) in [5.41, 5.74) is 3.08. The number of carbonyl (C=O) groups excluding carboxylic acids is 1. The molecular formula is C24H29N5O2S. The molecular weight excluding hydrogens is 422 g/mol. The number of amides is 1. The van der Waals surface area contributed by atoms with Gasteiger partial charge in [0.1, 0.15) is 5.75 Å². The van der Waals surface area contributed by atoms with Crippen molar-refractivity contribution in [3.63, 3.8) is 0 Å². The first-order chi connectivity index (χ1) is 15.5. The number of piperazine rings is 1. The Morgan fingerprint density at radius 1 is 1.06 bits per heavy atom. The predicted octanol–water partition coefficient (Wildman–Crippen LogP) is 3.51. The molecule has 0 bridgehead atoms. The molecule has 0 radical (unpaired) electrons. The van der Waals surface area contributed by atoms with Crippen molar-refractivity contribution in [2.75, 3.05) is 45.6 Å². The Kier molecular flexibility index (Phi) is 7.12. The lowest BCUT2D eigenvalue weighted by Crippen LogP contribution is -2.47. The molecule has 1 saturated heterocycles. The van der Waals surface area contributed by atoms with E-state index in [1.807, 2.05) is 52.8 Å². The van der Waals surface area contributed by atoms with Gasteiger partial charge in [0.05, 0.1) is 12.4 Å². The van der Waals surface area contributed by atoms with E-state index in [2.05, 4.69) is 41.2 Å². The number of aryl methyl sites for hydroxylation is 1. The normalized spacial score (nSPS) is 14.5. The van der Waals surface area contributed by atoms with Gasteiger partial charge in [-0.1, -0.05) is 35.5 Å². The monoisotopic (exact) mass is 451 g/mol. The second-order valence-corrected chi connectivity index (χ2v) is 8.85. The maximum atomic E-state index is 12.8. The first-order valence-corrected chi connectivity index (χ1v) is 11.9. The summed E-state index contributed by atoms with van der Waals surface area (Å²) in [6.07, 6.45) is 0. The van der Waals surface area contributed by atoms with Gasteiger partial charge in [-0.2, -0.15) is 0 Å². The molecule has 168 valence electrons. The third-order valence-electron chi connectivity index (χ3n) is 5.50. The Morgan fingerprint density at radius 3 is 2.50 bits per heavy atom. The molecule has 0 N–H and O–H groups in total. The quantitative estimate of drug-likeness (QED) is 0.513. The van der Waals surface area contributed by atoms with Gasteiger partial charge in [0.15, 0.2) is 11.0 Å². The van der Waals surface area contributed by atoms with Crippen molar-refractivity contribution >= 4 is 17.7 Å². The topological polar surface area (TPSA) is 63.5 Å². The van der Waals surface area contributed by atoms with Gasteiger partial charge in [0.25, 0.3) is 0 Å². The lowest BCUT2D eigenvalue weighted by Gasteiger charge is -2.32. The maximum Gasteiger partial charge on any atom is 0.233 e. The summed E-state index contributed by atoms with van der Waals surface area (Å²) >= 11 is 1.43. The fraction of sp³-hybridized carbons (Fsp3) is 0.375. The van der Waals surface area contributed by atoms with Crippen molar-refractivity contribution in [1.29, 1.82) is 0 Å². The zero-order chi connectivity index (χ0) is 22.5. The minimum atomic E-state index is 0.140. The molecule has 8 heteroatoms. The highest BCUT2D eigenvalue weighted by molar-refractivity contribution is 7.99. The molecule has 32 heavy (non-hydrogen) atoms. The van der Waals surface area contributed by atoms with Crippen LogP contribution < -0.4 is 4.74 Å². The molecule has 3 aromatic rings. The van der Waals surface area contributed by atoms with Crippen molar-refractivity contribution in [2.24, 2.45) is 0 Å². The lowest BCUT2D eigenvalue weighted by molar-refractivity contribution is -0.129. The standard InChI is InChI=1S/C24H29N5O2S/c1-4-31-21-10-8-20(9-11-21)29-23(19-7-5-6-18(2)16-19)25-26-24(29)32-17-22(30)28-14-12-27(3)13-15-28/h5-11,16H,4,12-15,17H2,1-3H3. The van der Waals surface area contributed by atoms with Crippen LogP contribution in [-0.4, -0.2) is 76.1 Å². The average molecular weight is 452 g/mol. The number of nitrogens with zero attached hydrogens (tertiary/aromatic N) is 5. The second kappa shape index (κ2) is 10.2. The number of ether oxygens (including phenoxy) is 1. The summed E-state index contributed by atoms with van der Waals surface area (Å²) in [5.74, 6) is 2.06. The van der Waals surface area contributed by atoms with E-state index >= 15 is 0 Å². The van der Waals surface area contributed by atoms with Crippen LogP contribution in [-0.2, 0) is 4.79 Å². The molecule has 1 aliphatic rings. The zero-order valence-corrected chi connectivity index (χ0v) is 19.6. The minimum absolute atomic E-state index is 0.140. The van der Waals surface area contributed by atoms with Gasteiger partial charge < -0.3 is 14.5 Å². The van der Waals surface area contributed by atoms with Crippen LogP contribution >= 0.6 is 11.8 Å². The first-order valence-electron chi connectivity index (χ1n) is 10.9. The van der Waals surface area contributed by atoms with Crippen LogP contribution in [0.4, 0.5) is 0 Å². The molecule has 1 aromatic heterocycles. The van der Waals surface area contributed by atoms with Gasteiger partial charge in [0, 0.05) is 37.4 Å². The van der Waals surface area contributed by atoms with Gasteiger partial charge in [-0.15, -0.1) is 10.2 Å². The van der Waals surface area contributed by atoms with Crippen molar-refractivity contribution in [3.8, 4) is 22.8 Å². The molecule has 1 aliphatic heterocycles. The summed E-state index contributed by atoms with van der Waals surface area (Å²) in [6.45, 7) is 8.02. The van der Waals surface area contributed by atoms with Gasteiger partial charge in [0.2, 0.25) is 5.91 Å². The van der Waals surface area contributed by atoms with Crippen LogP contribution in [0.15, 0.2) is 53.7 Å². The number of thioether (sulfide) groups is 1. The van der Waals surface area contributed by atoms with Crippen LogP contribution in [0.25, 0.3) is 17.1 Å². The molecule has 0 aliphatic carbocycles. The molecule has 0 unspecified atom stereocenters. The first kappa shape index (κ1) is 22.4. The third kappa shape index (κ3) is 5.14. The lowest BCUT2D eigenvalue weighted by atomic mass is 10.1. The van der Waals surface area contributed by atoms with E-state index in [4.69, 9.17) is 4.74 Å².